The number of halogens is 1. The quantitative estimate of drug-likeness (QED) is 0.915. The molecule has 2 rings (SSSR count). The Kier molecular flexibility index (Phi) is 4.54. The third-order valence-electron chi connectivity index (χ3n) is 3.45. The Morgan fingerprint density at radius 3 is 2.89 bits per heavy atom. The molecule has 0 saturated carbocycles. The molecular weight excluding hydrogens is 269 g/mol. The highest BCUT2D eigenvalue weighted by atomic mass is 32.2. The molecule has 1 aromatic carbocycles. The van der Waals surface area contributed by atoms with Gasteiger partial charge in [-0.1, -0.05) is 6.07 Å². The molecule has 1 heterocycles. The monoisotopic (exact) mass is 287 g/mol. The summed E-state index contributed by atoms with van der Waals surface area (Å²) in [5.74, 6) is -0.368. The van der Waals surface area contributed by atoms with E-state index >= 15 is 0 Å². The first-order valence-electron chi connectivity index (χ1n) is 6.40. The van der Waals surface area contributed by atoms with Crippen molar-refractivity contribution in [1.29, 1.82) is 0 Å². The summed E-state index contributed by atoms with van der Waals surface area (Å²) in [6.45, 7) is 0.929. The molecule has 0 bridgehead atoms. The van der Waals surface area contributed by atoms with Crippen LogP contribution in [0.1, 0.15) is 19.3 Å². The van der Waals surface area contributed by atoms with E-state index < -0.39 is 15.8 Å². The van der Waals surface area contributed by atoms with Crippen molar-refractivity contribution in [3.8, 4) is 0 Å². The van der Waals surface area contributed by atoms with Gasteiger partial charge in [0, 0.05) is 19.7 Å². The van der Waals surface area contributed by atoms with Crippen molar-refractivity contribution in [3.05, 3.63) is 30.1 Å². The number of hydrogen-bond acceptors (Lipinski definition) is 3. The Morgan fingerprint density at radius 2 is 2.21 bits per heavy atom. The maximum absolute atomic E-state index is 13.1. The van der Waals surface area contributed by atoms with Gasteiger partial charge in [-0.15, -0.1) is 0 Å². The minimum Gasteiger partial charge on any atom is -0.396 e. The number of hydrogen-bond donors (Lipinski definition) is 1. The molecule has 0 aromatic heterocycles. The molecule has 1 N–H and O–H groups in total. The van der Waals surface area contributed by atoms with Gasteiger partial charge in [0.25, 0.3) is 0 Å². The van der Waals surface area contributed by atoms with Crippen molar-refractivity contribution in [2.45, 2.75) is 24.2 Å². The molecule has 1 atom stereocenters. The molecule has 4 nitrogen and oxygen atoms in total. The molecule has 1 saturated heterocycles. The lowest BCUT2D eigenvalue weighted by molar-refractivity contribution is 0.203. The van der Waals surface area contributed by atoms with Crippen molar-refractivity contribution in [1.82, 2.24) is 4.31 Å². The van der Waals surface area contributed by atoms with Crippen LogP contribution >= 0.6 is 0 Å². The second kappa shape index (κ2) is 5.98. The molecule has 0 aliphatic carbocycles. The van der Waals surface area contributed by atoms with Crippen LogP contribution in [0.3, 0.4) is 0 Å². The summed E-state index contributed by atoms with van der Waals surface area (Å²) in [4.78, 5) is -0.00264. The molecule has 1 unspecified atom stereocenters. The number of aliphatic hydroxyl groups is 1. The summed E-state index contributed by atoms with van der Waals surface area (Å²) in [6, 6.07) is 5.08. The maximum atomic E-state index is 13.1. The van der Waals surface area contributed by atoms with Crippen molar-refractivity contribution < 1.29 is 17.9 Å². The van der Waals surface area contributed by atoms with Crippen LogP contribution in [0.2, 0.25) is 0 Å². The summed E-state index contributed by atoms with van der Waals surface area (Å²) in [5, 5.41) is 8.94. The Hall–Kier alpha value is -0.980. The smallest absolute Gasteiger partial charge is 0.243 e. The maximum Gasteiger partial charge on any atom is 0.243 e. The van der Waals surface area contributed by atoms with E-state index in [1.807, 2.05) is 0 Å². The molecule has 0 radical (unpaired) electrons. The van der Waals surface area contributed by atoms with Crippen LogP contribution < -0.4 is 0 Å². The average molecular weight is 287 g/mol. The number of aliphatic hydroxyl groups excluding tert-OH is 1. The third kappa shape index (κ3) is 3.32. The van der Waals surface area contributed by atoms with Crippen LogP contribution in [0.15, 0.2) is 29.2 Å². The zero-order valence-corrected chi connectivity index (χ0v) is 11.4. The van der Waals surface area contributed by atoms with E-state index in [1.165, 1.54) is 22.5 Å². The van der Waals surface area contributed by atoms with Gasteiger partial charge in [-0.05, 0) is 43.4 Å². The van der Waals surface area contributed by atoms with E-state index in [-0.39, 0.29) is 17.4 Å². The first-order chi connectivity index (χ1) is 9.04. The number of rotatable bonds is 4. The molecule has 0 amide bonds. The molecule has 19 heavy (non-hydrogen) atoms. The van der Waals surface area contributed by atoms with E-state index in [4.69, 9.17) is 5.11 Å². The Labute approximate surface area is 112 Å². The predicted octanol–water partition coefficient (Wildman–Crippen LogP) is 1.61. The number of sulfonamides is 1. The van der Waals surface area contributed by atoms with E-state index in [2.05, 4.69) is 0 Å². The van der Waals surface area contributed by atoms with Crippen LogP contribution in [0.5, 0.6) is 0 Å². The second-order valence-electron chi connectivity index (χ2n) is 4.84. The zero-order chi connectivity index (χ0) is 13.9. The first kappa shape index (κ1) is 14.4. The SMILES string of the molecule is O=S(=O)(c1cccc(F)c1)N1CCCC(CCO)C1. The zero-order valence-electron chi connectivity index (χ0n) is 10.6. The molecule has 6 heteroatoms. The minimum atomic E-state index is -3.62. The van der Waals surface area contributed by atoms with Gasteiger partial charge in [0.1, 0.15) is 5.82 Å². The van der Waals surface area contributed by atoms with Gasteiger partial charge in [0.15, 0.2) is 0 Å². The fraction of sp³-hybridized carbons (Fsp3) is 0.538. The molecule has 1 aromatic rings. The number of benzene rings is 1. The Bertz CT molecular complexity index is 530. The topological polar surface area (TPSA) is 57.6 Å². The molecule has 1 fully saturated rings. The average Bonchev–Trinajstić information content (AvgIpc) is 2.39. The fourth-order valence-corrected chi connectivity index (χ4v) is 4.03. The van der Waals surface area contributed by atoms with E-state index in [1.54, 1.807) is 0 Å². The predicted molar refractivity (Wildman–Crippen MR) is 69.6 cm³/mol. The minimum absolute atomic E-state index is 0.00264. The van der Waals surface area contributed by atoms with Gasteiger partial charge < -0.3 is 5.11 Å². The van der Waals surface area contributed by atoms with Gasteiger partial charge in [-0.3, -0.25) is 0 Å². The van der Waals surface area contributed by atoms with E-state index in [0.29, 0.717) is 19.5 Å². The lowest BCUT2D eigenvalue weighted by atomic mass is 9.97. The fourth-order valence-electron chi connectivity index (χ4n) is 2.44. The summed E-state index contributed by atoms with van der Waals surface area (Å²) >= 11 is 0. The van der Waals surface area contributed by atoms with Crippen molar-refractivity contribution in [3.63, 3.8) is 0 Å². The molecule has 1 aliphatic rings. The summed E-state index contributed by atoms with van der Waals surface area (Å²) in [5.41, 5.74) is 0. The summed E-state index contributed by atoms with van der Waals surface area (Å²) in [6.07, 6.45) is 2.31. The molecule has 106 valence electrons. The van der Waals surface area contributed by atoms with Crippen molar-refractivity contribution >= 4 is 10.0 Å². The van der Waals surface area contributed by atoms with Crippen LogP contribution in [0.25, 0.3) is 0 Å². The molecular formula is C13H18FNO3S. The second-order valence-corrected chi connectivity index (χ2v) is 6.78. The van der Waals surface area contributed by atoms with Crippen molar-refractivity contribution in [2.75, 3.05) is 19.7 Å². The third-order valence-corrected chi connectivity index (χ3v) is 5.31. The number of piperidine rings is 1. The summed E-state index contributed by atoms with van der Waals surface area (Å²) < 4.78 is 39.3. The standard InChI is InChI=1S/C13H18FNO3S/c14-12-4-1-5-13(9-12)19(17,18)15-7-2-3-11(10-15)6-8-16/h1,4-5,9,11,16H,2-3,6-8,10H2. The largest absolute Gasteiger partial charge is 0.396 e. The van der Waals surface area contributed by atoms with E-state index in [0.717, 1.165) is 18.9 Å². The van der Waals surface area contributed by atoms with Gasteiger partial charge in [-0.25, -0.2) is 12.8 Å². The molecule has 1 aliphatic heterocycles. The van der Waals surface area contributed by atoms with Gasteiger partial charge >= 0.3 is 0 Å². The lowest BCUT2D eigenvalue weighted by Crippen LogP contribution is -2.40. The van der Waals surface area contributed by atoms with Gasteiger partial charge in [0.05, 0.1) is 4.90 Å². The van der Waals surface area contributed by atoms with Crippen molar-refractivity contribution in [2.24, 2.45) is 5.92 Å². The highest BCUT2D eigenvalue weighted by molar-refractivity contribution is 7.89. The Morgan fingerprint density at radius 1 is 1.42 bits per heavy atom. The first-order valence-corrected chi connectivity index (χ1v) is 7.84. The van der Waals surface area contributed by atoms with Crippen LogP contribution in [0, 0.1) is 11.7 Å². The van der Waals surface area contributed by atoms with Gasteiger partial charge in [-0.2, -0.15) is 4.31 Å². The van der Waals surface area contributed by atoms with Crippen LogP contribution in [-0.2, 0) is 10.0 Å². The molecule has 0 spiro atoms. The summed E-state index contributed by atoms with van der Waals surface area (Å²) in [7, 11) is -3.62. The highest BCUT2D eigenvalue weighted by Crippen LogP contribution is 2.25. The lowest BCUT2D eigenvalue weighted by Gasteiger charge is -2.31. The normalized spacial score (nSPS) is 21.5. The highest BCUT2D eigenvalue weighted by Gasteiger charge is 2.30. The van der Waals surface area contributed by atoms with Crippen LogP contribution in [0.4, 0.5) is 4.39 Å². The van der Waals surface area contributed by atoms with Crippen LogP contribution in [-0.4, -0.2) is 37.5 Å². The van der Waals surface area contributed by atoms with Gasteiger partial charge in [0.2, 0.25) is 10.0 Å². The van der Waals surface area contributed by atoms with E-state index in [9.17, 15) is 12.8 Å². The number of nitrogens with zero attached hydrogens (tertiary/aromatic N) is 1. The Balaban J connectivity index is 2.19.